The molecule has 1 amide bonds. The number of carbonyl (C=O) groups excluding carboxylic acids is 1. The second kappa shape index (κ2) is 6.22. The van der Waals surface area contributed by atoms with Gasteiger partial charge in [0.15, 0.2) is 0 Å². The van der Waals surface area contributed by atoms with Crippen molar-refractivity contribution in [1.82, 2.24) is 9.47 Å². The van der Waals surface area contributed by atoms with Crippen molar-refractivity contribution in [1.29, 1.82) is 0 Å². The molecule has 112 valence electrons. The Morgan fingerprint density at radius 1 is 1.38 bits per heavy atom. The average molecular weight is 306 g/mol. The van der Waals surface area contributed by atoms with Crippen molar-refractivity contribution in [2.75, 3.05) is 5.73 Å². The van der Waals surface area contributed by atoms with E-state index in [0.717, 1.165) is 5.56 Å². The topological polar surface area (TPSA) is 51.3 Å². The minimum Gasteiger partial charge on any atom is -0.397 e. The van der Waals surface area contributed by atoms with Crippen LogP contribution in [0.15, 0.2) is 36.5 Å². The minimum absolute atomic E-state index is 0.0378. The Labute approximate surface area is 130 Å². The van der Waals surface area contributed by atoms with Gasteiger partial charge in [0, 0.05) is 30.9 Å². The summed E-state index contributed by atoms with van der Waals surface area (Å²) in [4.78, 5) is 14.5. The number of aromatic nitrogens is 1. The number of carbonyl (C=O) groups is 1. The van der Waals surface area contributed by atoms with Crippen molar-refractivity contribution < 1.29 is 4.79 Å². The number of nitrogen functional groups attached to an aromatic ring is 1. The zero-order valence-electron chi connectivity index (χ0n) is 12.5. The molecule has 0 saturated heterocycles. The lowest BCUT2D eigenvalue weighted by molar-refractivity contribution is 0.0680. The smallest absolute Gasteiger partial charge is 0.271 e. The van der Waals surface area contributed by atoms with Gasteiger partial charge in [0.1, 0.15) is 5.69 Å². The number of hydrogen-bond donors (Lipinski definition) is 1. The Morgan fingerprint density at radius 2 is 2.10 bits per heavy atom. The van der Waals surface area contributed by atoms with Crippen molar-refractivity contribution >= 4 is 23.2 Å². The number of anilines is 1. The van der Waals surface area contributed by atoms with Crippen LogP contribution in [0.1, 0.15) is 29.9 Å². The molecule has 0 saturated carbocycles. The molecule has 1 aromatic heterocycles. The predicted molar refractivity (Wildman–Crippen MR) is 86.3 cm³/mol. The zero-order chi connectivity index (χ0) is 15.6. The van der Waals surface area contributed by atoms with Gasteiger partial charge in [-0.3, -0.25) is 4.79 Å². The van der Waals surface area contributed by atoms with Crippen molar-refractivity contribution in [3.05, 3.63) is 52.8 Å². The summed E-state index contributed by atoms with van der Waals surface area (Å²) in [7, 11) is 1.82. The summed E-state index contributed by atoms with van der Waals surface area (Å²) < 4.78 is 1.75. The SMILES string of the molecule is CC(C)N(Cc1cccc(Cl)c1)C(=O)c1cc(N)cn1C. The van der Waals surface area contributed by atoms with E-state index >= 15 is 0 Å². The lowest BCUT2D eigenvalue weighted by atomic mass is 10.1. The van der Waals surface area contributed by atoms with Crippen LogP contribution >= 0.6 is 11.6 Å². The van der Waals surface area contributed by atoms with Gasteiger partial charge in [-0.15, -0.1) is 0 Å². The summed E-state index contributed by atoms with van der Waals surface area (Å²) in [6, 6.07) is 9.34. The van der Waals surface area contributed by atoms with Crippen LogP contribution in [0.4, 0.5) is 5.69 Å². The highest BCUT2D eigenvalue weighted by molar-refractivity contribution is 6.30. The van der Waals surface area contributed by atoms with E-state index in [-0.39, 0.29) is 11.9 Å². The molecule has 0 aliphatic heterocycles. The highest BCUT2D eigenvalue weighted by Crippen LogP contribution is 2.18. The predicted octanol–water partition coefficient (Wildman–Crippen LogP) is 3.31. The number of rotatable bonds is 4. The van der Waals surface area contributed by atoms with E-state index < -0.39 is 0 Å². The number of benzene rings is 1. The van der Waals surface area contributed by atoms with Crippen molar-refractivity contribution in [2.24, 2.45) is 7.05 Å². The maximum atomic E-state index is 12.7. The molecule has 2 aromatic rings. The van der Waals surface area contributed by atoms with Gasteiger partial charge in [-0.1, -0.05) is 23.7 Å². The van der Waals surface area contributed by atoms with Crippen LogP contribution in [0.25, 0.3) is 0 Å². The second-order valence-electron chi connectivity index (χ2n) is 5.43. The Kier molecular flexibility index (Phi) is 4.58. The molecule has 2 N–H and O–H groups in total. The monoisotopic (exact) mass is 305 g/mol. The quantitative estimate of drug-likeness (QED) is 0.942. The highest BCUT2D eigenvalue weighted by Gasteiger charge is 2.21. The lowest BCUT2D eigenvalue weighted by Gasteiger charge is -2.27. The standard InChI is InChI=1S/C16H20ClN3O/c1-11(2)20(9-12-5-4-6-13(17)7-12)16(21)15-8-14(18)10-19(15)3/h4-8,10-11H,9,18H2,1-3H3. The average Bonchev–Trinajstić information content (AvgIpc) is 2.74. The lowest BCUT2D eigenvalue weighted by Crippen LogP contribution is -2.37. The molecule has 0 atom stereocenters. The van der Waals surface area contributed by atoms with E-state index in [1.165, 1.54) is 0 Å². The van der Waals surface area contributed by atoms with Crippen LogP contribution in [0.5, 0.6) is 0 Å². The first kappa shape index (κ1) is 15.4. The molecule has 4 nitrogen and oxygen atoms in total. The first-order valence-electron chi connectivity index (χ1n) is 6.85. The second-order valence-corrected chi connectivity index (χ2v) is 5.86. The Morgan fingerprint density at radius 3 is 2.62 bits per heavy atom. The summed E-state index contributed by atoms with van der Waals surface area (Å²) >= 11 is 6.01. The molecule has 0 aliphatic carbocycles. The molecule has 2 rings (SSSR count). The summed E-state index contributed by atoms with van der Waals surface area (Å²) in [6.45, 7) is 4.51. The molecule has 1 heterocycles. The van der Waals surface area contributed by atoms with Crippen molar-refractivity contribution in [3.63, 3.8) is 0 Å². The number of nitrogens with zero attached hydrogens (tertiary/aromatic N) is 2. The zero-order valence-corrected chi connectivity index (χ0v) is 13.3. The fraction of sp³-hybridized carbons (Fsp3) is 0.312. The van der Waals surface area contributed by atoms with E-state index in [1.54, 1.807) is 21.7 Å². The van der Waals surface area contributed by atoms with Crippen LogP contribution in [-0.4, -0.2) is 21.4 Å². The Balaban J connectivity index is 2.27. The Bertz CT molecular complexity index is 649. The fourth-order valence-electron chi connectivity index (χ4n) is 2.27. The molecule has 0 spiro atoms. The van der Waals surface area contributed by atoms with Gasteiger partial charge in [-0.25, -0.2) is 0 Å². The third-order valence-corrected chi connectivity index (χ3v) is 3.61. The summed E-state index contributed by atoms with van der Waals surface area (Å²) in [5.41, 5.74) is 7.94. The molecular formula is C16H20ClN3O. The van der Waals surface area contributed by atoms with Crippen molar-refractivity contribution in [3.8, 4) is 0 Å². The summed E-state index contributed by atoms with van der Waals surface area (Å²) in [5.74, 6) is -0.0378. The summed E-state index contributed by atoms with van der Waals surface area (Å²) in [5, 5.41) is 0.673. The third-order valence-electron chi connectivity index (χ3n) is 3.37. The molecule has 0 bridgehead atoms. The highest BCUT2D eigenvalue weighted by atomic mass is 35.5. The summed E-state index contributed by atoms with van der Waals surface area (Å²) in [6.07, 6.45) is 1.74. The van der Waals surface area contributed by atoms with Gasteiger partial charge in [-0.05, 0) is 37.6 Å². The normalized spacial score (nSPS) is 10.9. The van der Waals surface area contributed by atoms with Crippen molar-refractivity contribution in [2.45, 2.75) is 26.4 Å². The molecule has 21 heavy (non-hydrogen) atoms. The number of nitrogens with two attached hydrogens (primary N) is 1. The molecule has 5 heteroatoms. The van der Waals surface area contributed by atoms with Gasteiger partial charge >= 0.3 is 0 Å². The van der Waals surface area contributed by atoms with E-state index in [0.29, 0.717) is 22.9 Å². The fourth-order valence-corrected chi connectivity index (χ4v) is 2.48. The minimum atomic E-state index is -0.0378. The largest absolute Gasteiger partial charge is 0.397 e. The molecule has 0 radical (unpaired) electrons. The molecule has 0 aliphatic rings. The van der Waals surface area contributed by atoms with Gasteiger partial charge in [-0.2, -0.15) is 0 Å². The van der Waals surface area contributed by atoms with E-state index in [4.69, 9.17) is 17.3 Å². The first-order valence-corrected chi connectivity index (χ1v) is 7.23. The van der Waals surface area contributed by atoms with Crippen LogP contribution < -0.4 is 5.73 Å². The van der Waals surface area contributed by atoms with Crippen LogP contribution in [0.3, 0.4) is 0 Å². The van der Waals surface area contributed by atoms with Gasteiger partial charge in [0.2, 0.25) is 0 Å². The molecule has 0 unspecified atom stereocenters. The van der Waals surface area contributed by atoms with E-state index in [9.17, 15) is 4.79 Å². The van der Waals surface area contributed by atoms with Crippen LogP contribution in [0.2, 0.25) is 5.02 Å². The maximum Gasteiger partial charge on any atom is 0.271 e. The number of aryl methyl sites for hydroxylation is 1. The van der Waals surface area contributed by atoms with E-state index in [2.05, 4.69) is 0 Å². The van der Waals surface area contributed by atoms with Gasteiger partial charge in [0.05, 0.1) is 5.69 Å². The van der Waals surface area contributed by atoms with Crippen LogP contribution in [-0.2, 0) is 13.6 Å². The van der Waals surface area contributed by atoms with E-state index in [1.807, 2.05) is 45.2 Å². The molecule has 0 fully saturated rings. The number of halogens is 1. The number of hydrogen-bond acceptors (Lipinski definition) is 2. The Hall–Kier alpha value is -1.94. The first-order chi connectivity index (χ1) is 9.88. The van der Waals surface area contributed by atoms with Gasteiger partial charge < -0.3 is 15.2 Å². The number of amides is 1. The third kappa shape index (κ3) is 3.58. The maximum absolute atomic E-state index is 12.7. The van der Waals surface area contributed by atoms with Crippen LogP contribution in [0, 0.1) is 0 Å². The molecule has 1 aromatic carbocycles. The molecular weight excluding hydrogens is 286 g/mol. The van der Waals surface area contributed by atoms with Gasteiger partial charge in [0.25, 0.3) is 5.91 Å².